The third kappa shape index (κ3) is 3.17. The topological polar surface area (TPSA) is 57.6 Å². The minimum Gasteiger partial charge on any atom is -0.508 e. The van der Waals surface area contributed by atoms with Crippen LogP contribution in [0, 0.1) is 0 Å². The summed E-state index contributed by atoms with van der Waals surface area (Å²) in [7, 11) is 0. The minimum atomic E-state index is -0.225. The first-order valence-electron chi connectivity index (χ1n) is 6.16. The molecular formula is C14H15NO3S. The number of hydrogen-bond acceptors (Lipinski definition) is 4. The Bertz CT molecular complexity index is 522. The van der Waals surface area contributed by atoms with E-state index in [1.807, 2.05) is 6.92 Å². The highest BCUT2D eigenvalue weighted by molar-refractivity contribution is 8.18. The van der Waals surface area contributed by atoms with Crippen LogP contribution in [0.15, 0.2) is 29.2 Å². The molecule has 1 saturated heterocycles. The quantitative estimate of drug-likeness (QED) is 0.858. The third-order valence-electron chi connectivity index (χ3n) is 2.80. The van der Waals surface area contributed by atoms with Crippen molar-refractivity contribution in [3.8, 4) is 5.75 Å². The molecule has 2 rings (SSSR count). The molecule has 100 valence electrons. The van der Waals surface area contributed by atoms with Crippen LogP contribution in [-0.4, -0.2) is 27.7 Å². The number of benzene rings is 1. The van der Waals surface area contributed by atoms with E-state index >= 15 is 0 Å². The van der Waals surface area contributed by atoms with E-state index in [2.05, 4.69) is 0 Å². The van der Waals surface area contributed by atoms with Crippen molar-refractivity contribution < 1.29 is 14.7 Å². The lowest BCUT2D eigenvalue weighted by Crippen LogP contribution is -2.29. The van der Waals surface area contributed by atoms with Crippen molar-refractivity contribution in [2.75, 3.05) is 6.54 Å². The van der Waals surface area contributed by atoms with E-state index in [0.29, 0.717) is 11.4 Å². The number of hydrogen-bond donors (Lipinski definition) is 1. The van der Waals surface area contributed by atoms with Gasteiger partial charge in [0, 0.05) is 6.54 Å². The lowest BCUT2D eigenvalue weighted by Gasteiger charge is -2.10. The summed E-state index contributed by atoms with van der Waals surface area (Å²) < 4.78 is 0. The monoisotopic (exact) mass is 277 g/mol. The molecule has 1 aromatic rings. The van der Waals surface area contributed by atoms with E-state index < -0.39 is 0 Å². The molecule has 0 aromatic heterocycles. The Morgan fingerprint density at radius 3 is 2.58 bits per heavy atom. The lowest BCUT2D eigenvalue weighted by molar-refractivity contribution is -0.122. The number of rotatable bonds is 4. The van der Waals surface area contributed by atoms with Gasteiger partial charge in [0.15, 0.2) is 0 Å². The van der Waals surface area contributed by atoms with Gasteiger partial charge >= 0.3 is 0 Å². The summed E-state index contributed by atoms with van der Waals surface area (Å²) in [5, 5.41) is 8.99. The van der Waals surface area contributed by atoms with Gasteiger partial charge in [0.2, 0.25) is 0 Å². The van der Waals surface area contributed by atoms with Crippen LogP contribution in [0.2, 0.25) is 0 Å². The number of nitrogens with zero attached hydrogens (tertiary/aromatic N) is 1. The number of amides is 2. The predicted molar refractivity (Wildman–Crippen MR) is 75.7 cm³/mol. The number of aromatic hydroxyl groups is 1. The Labute approximate surface area is 116 Å². The molecule has 1 fully saturated rings. The van der Waals surface area contributed by atoms with E-state index in [1.54, 1.807) is 30.3 Å². The zero-order valence-corrected chi connectivity index (χ0v) is 11.4. The van der Waals surface area contributed by atoms with Crippen LogP contribution in [0.3, 0.4) is 0 Å². The number of imide groups is 1. The molecule has 0 saturated carbocycles. The number of unbranched alkanes of at least 4 members (excludes halogenated alkanes) is 1. The van der Waals surface area contributed by atoms with Crippen LogP contribution in [0.4, 0.5) is 4.79 Å². The normalized spacial score (nSPS) is 17.5. The summed E-state index contributed by atoms with van der Waals surface area (Å²) in [4.78, 5) is 25.5. The van der Waals surface area contributed by atoms with Gasteiger partial charge in [-0.15, -0.1) is 0 Å². The first-order chi connectivity index (χ1) is 9.11. The summed E-state index contributed by atoms with van der Waals surface area (Å²) in [6, 6.07) is 6.50. The van der Waals surface area contributed by atoms with Crippen molar-refractivity contribution in [3.63, 3.8) is 0 Å². The van der Waals surface area contributed by atoms with Gasteiger partial charge in [-0.1, -0.05) is 25.5 Å². The SMILES string of the molecule is CCCCN1C(=O)S/C(=C\c2ccc(O)cc2)C1=O. The number of carbonyl (C=O) groups excluding carboxylic acids is 2. The highest BCUT2D eigenvalue weighted by Gasteiger charge is 2.34. The zero-order chi connectivity index (χ0) is 13.8. The molecule has 0 unspecified atom stereocenters. The maximum absolute atomic E-state index is 12.1. The molecule has 0 radical (unpaired) electrons. The summed E-state index contributed by atoms with van der Waals surface area (Å²) in [6.07, 6.45) is 3.44. The van der Waals surface area contributed by atoms with Crippen LogP contribution < -0.4 is 0 Å². The Morgan fingerprint density at radius 1 is 1.26 bits per heavy atom. The van der Waals surface area contributed by atoms with Crippen LogP contribution in [-0.2, 0) is 4.79 Å². The maximum atomic E-state index is 12.1. The molecule has 1 heterocycles. The molecule has 0 atom stereocenters. The number of thioether (sulfide) groups is 1. The van der Waals surface area contributed by atoms with Crippen molar-refractivity contribution in [2.24, 2.45) is 0 Å². The van der Waals surface area contributed by atoms with Crippen LogP contribution in [0.1, 0.15) is 25.3 Å². The van der Waals surface area contributed by atoms with E-state index in [9.17, 15) is 14.7 Å². The van der Waals surface area contributed by atoms with Gasteiger partial charge in [-0.2, -0.15) is 0 Å². The van der Waals surface area contributed by atoms with Gasteiger partial charge in [-0.3, -0.25) is 14.5 Å². The molecule has 5 heteroatoms. The Balaban J connectivity index is 2.16. The molecule has 1 aliphatic rings. The van der Waals surface area contributed by atoms with Crippen molar-refractivity contribution in [2.45, 2.75) is 19.8 Å². The largest absolute Gasteiger partial charge is 0.508 e. The Kier molecular flexibility index (Phi) is 4.27. The van der Waals surface area contributed by atoms with Gasteiger partial charge in [0.25, 0.3) is 11.1 Å². The Hall–Kier alpha value is -1.75. The van der Waals surface area contributed by atoms with Gasteiger partial charge < -0.3 is 5.11 Å². The van der Waals surface area contributed by atoms with Crippen molar-refractivity contribution in [3.05, 3.63) is 34.7 Å². The van der Waals surface area contributed by atoms with E-state index in [-0.39, 0.29) is 16.9 Å². The van der Waals surface area contributed by atoms with Gasteiger partial charge in [-0.25, -0.2) is 0 Å². The molecule has 1 aromatic carbocycles. The van der Waals surface area contributed by atoms with Gasteiger partial charge in [0.05, 0.1) is 4.91 Å². The zero-order valence-electron chi connectivity index (χ0n) is 10.6. The molecule has 0 bridgehead atoms. The van der Waals surface area contributed by atoms with Crippen molar-refractivity contribution in [1.29, 1.82) is 0 Å². The molecular weight excluding hydrogens is 262 g/mol. The van der Waals surface area contributed by atoms with Crippen molar-refractivity contribution >= 4 is 29.0 Å². The van der Waals surface area contributed by atoms with Gasteiger partial charge in [0.1, 0.15) is 5.75 Å². The molecule has 1 aliphatic heterocycles. The Morgan fingerprint density at radius 2 is 1.95 bits per heavy atom. The fourth-order valence-corrected chi connectivity index (χ4v) is 2.60. The summed E-state index contributed by atoms with van der Waals surface area (Å²) in [6.45, 7) is 2.50. The number of carbonyl (C=O) groups is 2. The number of phenols is 1. The average molecular weight is 277 g/mol. The highest BCUT2D eigenvalue weighted by atomic mass is 32.2. The molecule has 0 aliphatic carbocycles. The number of phenolic OH excluding ortho intramolecular Hbond substituents is 1. The van der Waals surface area contributed by atoms with Gasteiger partial charge in [-0.05, 0) is 42.0 Å². The molecule has 19 heavy (non-hydrogen) atoms. The standard InChI is InChI=1S/C14H15NO3S/c1-2-3-8-15-13(17)12(19-14(15)18)9-10-4-6-11(16)7-5-10/h4-7,9,16H,2-3,8H2,1H3/b12-9-. The lowest BCUT2D eigenvalue weighted by atomic mass is 10.2. The van der Waals surface area contributed by atoms with Crippen LogP contribution in [0.5, 0.6) is 5.75 Å². The second-order valence-corrected chi connectivity index (χ2v) is 5.27. The molecule has 4 nitrogen and oxygen atoms in total. The second kappa shape index (κ2) is 5.93. The molecule has 1 N–H and O–H groups in total. The predicted octanol–water partition coefficient (Wildman–Crippen LogP) is 3.23. The summed E-state index contributed by atoms with van der Waals surface area (Å²) in [5.41, 5.74) is 0.791. The fraction of sp³-hybridized carbons (Fsp3) is 0.286. The summed E-state index contributed by atoms with van der Waals surface area (Å²) >= 11 is 0.967. The first-order valence-corrected chi connectivity index (χ1v) is 6.98. The first kappa shape index (κ1) is 13.7. The van der Waals surface area contributed by atoms with E-state index in [4.69, 9.17) is 0 Å². The van der Waals surface area contributed by atoms with Crippen LogP contribution in [0.25, 0.3) is 6.08 Å². The smallest absolute Gasteiger partial charge is 0.293 e. The average Bonchev–Trinajstić information content (AvgIpc) is 2.65. The third-order valence-corrected chi connectivity index (χ3v) is 3.71. The minimum absolute atomic E-state index is 0.174. The highest BCUT2D eigenvalue weighted by Crippen LogP contribution is 2.32. The van der Waals surface area contributed by atoms with Crippen LogP contribution >= 0.6 is 11.8 Å². The van der Waals surface area contributed by atoms with E-state index in [0.717, 1.165) is 30.2 Å². The molecule has 2 amide bonds. The van der Waals surface area contributed by atoms with Crippen molar-refractivity contribution in [1.82, 2.24) is 4.90 Å². The fourth-order valence-electron chi connectivity index (χ4n) is 1.73. The second-order valence-electron chi connectivity index (χ2n) is 4.28. The molecule has 0 spiro atoms. The summed E-state index contributed by atoms with van der Waals surface area (Å²) in [5.74, 6) is -0.0512. The maximum Gasteiger partial charge on any atom is 0.293 e. The van der Waals surface area contributed by atoms with E-state index in [1.165, 1.54) is 4.90 Å².